The third-order valence-electron chi connectivity index (χ3n) is 10.8. The minimum Gasteiger partial charge on any atom is -0.310 e. The molecule has 10 rings (SSSR count). The van der Waals surface area contributed by atoms with Gasteiger partial charge in [0.05, 0.1) is 11.4 Å². The van der Waals surface area contributed by atoms with E-state index in [-0.39, 0.29) is 0 Å². The smallest absolute Gasteiger partial charge is 0.0540 e. The quantitative estimate of drug-likeness (QED) is 0.155. The number of benzene rings is 10. The fourth-order valence-corrected chi connectivity index (χ4v) is 8.11. The van der Waals surface area contributed by atoms with Crippen molar-refractivity contribution in [2.24, 2.45) is 0 Å². The van der Waals surface area contributed by atoms with Crippen LogP contribution in [0.5, 0.6) is 0 Å². The van der Waals surface area contributed by atoms with Gasteiger partial charge in [-0.1, -0.05) is 170 Å². The zero-order valence-electron chi connectivity index (χ0n) is 30.8. The first-order valence-electron chi connectivity index (χ1n) is 19.2. The van der Waals surface area contributed by atoms with E-state index in [0.29, 0.717) is 0 Å². The summed E-state index contributed by atoms with van der Waals surface area (Å²) < 4.78 is 0. The maximum absolute atomic E-state index is 2.38. The molecule has 0 unspecified atom stereocenters. The van der Waals surface area contributed by atoms with Crippen molar-refractivity contribution in [3.8, 4) is 22.3 Å². The van der Waals surface area contributed by atoms with Gasteiger partial charge in [0.15, 0.2) is 0 Å². The molecule has 0 spiro atoms. The Hall–Kier alpha value is -7.42. The zero-order chi connectivity index (χ0) is 37.3. The van der Waals surface area contributed by atoms with Crippen LogP contribution in [-0.4, -0.2) is 0 Å². The number of nitrogens with zero attached hydrogens (tertiary/aromatic N) is 2. The van der Waals surface area contributed by atoms with E-state index in [1.54, 1.807) is 0 Å². The molecular formula is C54H38N2. The second kappa shape index (κ2) is 14.4. The molecule has 0 radical (unpaired) electrons. The SMILES string of the molecule is c1ccc(N(c2ccc(-c3ccc(N(c4ccc(-c5cccc6ccccc56)cc4)c4cccc5ccccc45)cc3)cc2)c2cccc3ccccc23)cc1. The first-order chi connectivity index (χ1) is 27.8. The summed E-state index contributed by atoms with van der Waals surface area (Å²) >= 11 is 0. The summed E-state index contributed by atoms with van der Waals surface area (Å²) in [6.07, 6.45) is 0. The van der Waals surface area contributed by atoms with E-state index in [0.717, 1.165) is 34.1 Å². The molecule has 0 saturated carbocycles. The molecule has 0 aliphatic carbocycles. The van der Waals surface area contributed by atoms with E-state index in [9.17, 15) is 0 Å². The van der Waals surface area contributed by atoms with Crippen LogP contribution in [0.25, 0.3) is 54.6 Å². The molecule has 264 valence electrons. The van der Waals surface area contributed by atoms with Gasteiger partial charge in [-0.05, 0) is 104 Å². The molecule has 10 aromatic rings. The largest absolute Gasteiger partial charge is 0.310 e. The number of hydrogen-bond acceptors (Lipinski definition) is 2. The highest BCUT2D eigenvalue weighted by Crippen LogP contribution is 2.42. The second-order valence-electron chi connectivity index (χ2n) is 14.2. The molecule has 2 nitrogen and oxygen atoms in total. The highest BCUT2D eigenvalue weighted by molar-refractivity contribution is 6.01. The third-order valence-corrected chi connectivity index (χ3v) is 10.8. The van der Waals surface area contributed by atoms with Crippen molar-refractivity contribution < 1.29 is 0 Å². The summed E-state index contributed by atoms with van der Waals surface area (Å²) in [5.41, 5.74) is 11.5. The predicted molar refractivity (Wildman–Crippen MR) is 239 cm³/mol. The van der Waals surface area contributed by atoms with E-state index in [4.69, 9.17) is 0 Å². The van der Waals surface area contributed by atoms with Crippen molar-refractivity contribution in [1.82, 2.24) is 0 Å². The maximum atomic E-state index is 2.38. The van der Waals surface area contributed by atoms with Gasteiger partial charge in [-0.2, -0.15) is 0 Å². The van der Waals surface area contributed by atoms with Gasteiger partial charge in [0.25, 0.3) is 0 Å². The van der Waals surface area contributed by atoms with Gasteiger partial charge in [-0.25, -0.2) is 0 Å². The highest BCUT2D eigenvalue weighted by atomic mass is 15.1. The van der Waals surface area contributed by atoms with E-state index in [1.165, 1.54) is 54.6 Å². The molecule has 2 heteroatoms. The van der Waals surface area contributed by atoms with E-state index in [2.05, 4.69) is 240 Å². The van der Waals surface area contributed by atoms with Crippen LogP contribution in [0, 0.1) is 0 Å². The molecule has 0 amide bonds. The van der Waals surface area contributed by atoms with Crippen LogP contribution in [0.2, 0.25) is 0 Å². The molecule has 10 aromatic carbocycles. The van der Waals surface area contributed by atoms with Crippen LogP contribution in [0.1, 0.15) is 0 Å². The Labute approximate surface area is 327 Å². The van der Waals surface area contributed by atoms with Crippen LogP contribution < -0.4 is 9.80 Å². The summed E-state index contributed by atoms with van der Waals surface area (Å²) in [5, 5.41) is 7.38. The number of para-hydroxylation sites is 1. The lowest BCUT2D eigenvalue weighted by atomic mass is 9.98. The molecular weight excluding hydrogens is 677 g/mol. The zero-order valence-corrected chi connectivity index (χ0v) is 30.8. The van der Waals surface area contributed by atoms with Gasteiger partial charge in [0.2, 0.25) is 0 Å². The Morgan fingerprint density at radius 1 is 0.214 bits per heavy atom. The van der Waals surface area contributed by atoms with Gasteiger partial charge in [-0.15, -0.1) is 0 Å². The van der Waals surface area contributed by atoms with Gasteiger partial charge >= 0.3 is 0 Å². The molecule has 0 atom stereocenters. The Kier molecular flexibility index (Phi) is 8.55. The van der Waals surface area contributed by atoms with Crippen molar-refractivity contribution >= 4 is 66.4 Å². The second-order valence-corrected chi connectivity index (χ2v) is 14.2. The number of rotatable bonds is 8. The van der Waals surface area contributed by atoms with Crippen LogP contribution in [-0.2, 0) is 0 Å². The lowest BCUT2D eigenvalue weighted by Gasteiger charge is -2.27. The Balaban J connectivity index is 1.01. The van der Waals surface area contributed by atoms with Gasteiger partial charge in [0.1, 0.15) is 0 Å². The number of fused-ring (bicyclic) bond motifs is 3. The summed E-state index contributed by atoms with van der Waals surface area (Å²) in [6, 6.07) is 83.0. The molecule has 56 heavy (non-hydrogen) atoms. The average Bonchev–Trinajstić information content (AvgIpc) is 3.28. The fourth-order valence-electron chi connectivity index (χ4n) is 8.11. The van der Waals surface area contributed by atoms with Gasteiger partial charge in [-0.3, -0.25) is 0 Å². The van der Waals surface area contributed by atoms with Crippen LogP contribution in [0.3, 0.4) is 0 Å². The van der Waals surface area contributed by atoms with Crippen molar-refractivity contribution in [3.05, 3.63) is 231 Å². The fraction of sp³-hybridized carbons (Fsp3) is 0. The minimum absolute atomic E-state index is 1.10. The van der Waals surface area contributed by atoms with Crippen molar-refractivity contribution in [2.75, 3.05) is 9.80 Å². The standard InChI is InChI=1S/C54H38N2/c1-2-19-45(20-3-1)55(53-25-11-17-42-14-5-8-22-51(42)53)46-33-27-39(28-34-46)40-29-35-47(36-30-40)56(54-26-12-18-43-15-6-9-23-52(43)54)48-37-31-44(32-38-48)50-24-10-16-41-13-4-7-21-49(41)50/h1-38H. The molecule has 0 N–H and O–H groups in total. The molecule has 0 saturated heterocycles. The molecule has 0 bridgehead atoms. The molecule has 0 fully saturated rings. The molecule has 0 aliphatic rings. The Bertz CT molecular complexity index is 2930. The minimum atomic E-state index is 1.10. The van der Waals surface area contributed by atoms with Crippen LogP contribution in [0.15, 0.2) is 231 Å². The maximum Gasteiger partial charge on any atom is 0.0540 e. The normalized spacial score (nSPS) is 11.2. The summed E-state index contributed by atoms with van der Waals surface area (Å²) in [6.45, 7) is 0. The topological polar surface area (TPSA) is 6.48 Å². The Morgan fingerprint density at radius 3 is 1.04 bits per heavy atom. The van der Waals surface area contributed by atoms with E-state index >= 15 is 0 Å². The van der Waals surface area contributed by atoms with Crippen LogP contribution in [0.4, 0.5) is 34.1 Å². The molecule has 0 aliphatic heterocycles. The summed E-state index contributed by atoms with van der Waals surface area (Å²) in [7, 11) is 0. The number of anilines is 6. The van der Waals surface area contributed by atoms with E-state index in [1.807, 2.05) is 0 Å². The molecule has 0 aromatic heterocycles. The number of hydrogen-bond donors (Lipinski definition) is 0. The summed E-state index contributed by atoms with van der Waals surface area (Å²) in [5.74, 6) is 0. The monoisotopic (exact) mass is 714 g/mol. The third kappa shape index (κ3) is 6.14. The van der Waals surface area contributed by atoms with Crippen molar-refractivity contribution in [2.45, 2.75) is 0 Å². The first kappa shape index (κ1) is 33.2. The van der Waals surface area contributed by atoms with Crippen LogP contribution >= 0.6 is 0 Å². The lowest BCUT2D eigenvalue weighted by molar-refractivity contribution is 1.29. The lowest BCUT2D eigenvalue weighted by Crippen LogP contribution is -2.10. The van der Waals surface area contributed by atoms with Crippen molar-refractivity contribution in [1.29, 1.82) is 0 Å². The Morgan fingerprint density at radius 2 is 0.554 bits per heavy atom. The molecule has 0 heterocycles. The average molecular weight is 715 g/mol. The summed E-state index contributed by atoms with van der Waals surface area (Å²) in [4.78, 5) is 4.73. The van der Waals surface area contributed by atoms with Gasteiger partial charge < -0.3 is 9.80 Å². The van der Waals surface area contributed by atoms with Crippen molar-refractivity contribution in [3.63, 3.8) is 0 Å². The predicted octanol–water partition coefficient (Wildman–Crippen LogP) is 15.4. The highest BCUT2D eigenvalue weighted by Gasteiger charge is 2.18. The van der Waals surface area contributed by atoms with E-state index < -0.39 is 0 Å². The first-order valence-corrected chi connectivity index (χ1v) is 19.2. The van der Waals surface area contributed by atoms with Gasteiger partial charge in [0, 0.05) is 33.5 Å².